The van der Waals surface area contributed by atoms with Crippen LogP contribution in [0.5, 0.6) is 0 Å². The Labute approximate surface area is 278 Å². The minimum Gasteiger partial charge on any atom is -0.381 e. The highest BCUT2D eigenvalue weighted by Gasteiger charge is 2.46. The largest absolute Gasteiger partial charge is 0.381 e. The predicted octanol–water partition coefficient (Wildman–Crippen LogP) is 4.18. The van der Waals surface area contributed by atoms with Crippen molar-refractivity contribution in [1.29, 1.82) is 0 Å². The van der Waals surface area contributed by atoms with Crippen LogP contribution in [0.2, 0.25) is 0 Å². The Morgan fingerprint density at radius 1 is 1.00 bits per heavy atom. The van der Waals surface area contributed by atoms with Gasteiger partial charge in [-0.2, -0.15) is 0 Å². The fourth-order valence-electron chi connectivity index (χ4n) is 6.38. The number of hydrogen-bond donors (Lipinski definition) is 3. The third-order valence-corrected chi connectivity index (χ3v) is 10.3. The van der Waals surface area contributed by atoms with Gasteiger partial charge in [0.25, 0.3) is 17.7 Å². The van der Waals surface area contributed by atoms with Crippen molar-refractivity contribution in [2.75, 3.05) is 25.1 Å². The molecule has 3 heterocycles. The molecule has 0 bridgehead atoms. The van der Waals surface area contributed by atoms with Crippen LogP contribution in [0.15, 0.2) is 53.4 Å². The lowest BCUT2D eigenvalue weighted by molar-refractivity contribution is -0.145. The smallest absolute Gasteiger partial charge is 0.252 e. The molecule has 0 spiro atoms. The van der Waals surface area contributed by atoms with Gasteiger partial charge in [-0.05, 0) is 81.4 Å². The number of ether oxygens (including phenoxy) is 2. The molecule has 0 radical (unpaired) electrons. The average Bonchev–Trinajstić information content (AvgIpc) is 4.03. The van der Waals surface area contributed by atoms with Crippen LogP contribution >= 0.6 is 11.3 Å². The molecular weight excluding hydrogens is 618 g/mol. The van der Waals surface area contributed by atoms with Crippen molar-refractivity contribution in [3.05, 3.63) is 59.0 Å². The van der Waals surface area contributed by atoms with Crippen molar-refractivity contribution in [3.63, 3.8) is 0 Å². The van der Waals surface area contributed by atoms with Crippen LogP contribution < -0.4 is 16.0 Å². The number of benzene rings is 1. The van der Waals surface area contributed by atoms with E-state index in [9.17, 15) is 19.2 Å². The van der Waals surface area contributed by atoms with Gasteiger partial charge in [-0.1, -0.05) is 30.4 Å². The lowest BCUT2D eigenvalue weighted by Crippen LogP contribution is -2.56. The summed E-state index contributed by atoms with van der Waals surface area (Å²) >= 11 is 1.29. The number of carbonyl (C=O) groups is 4. The number of thiazole rings is 1. The lowest BCUT2D eigenvalue weighted by Gasteiger charge is -2.34. The van der Waals surface area contributed by atoms with E-state index in [0.29, 0.717) is 48.4 Å². The second kappa shape index (κ2) is 14.1. The van der Waals surface area contributed by atoms with Crippen LogP contribution in [0.25, 0.3) is 11.3 Å². The van der Waals surface area contributed by atoms with Crippen LogP contribution in [0.4, 0.5) is 5.13 Å². The van der Waals surface area contributed by atoms with Gasteiger partial charge in [0, 0.05) is 41.7 Å². The van der Waals surface area contributed by atoms with Gasteiger partial charge in [-0.25, -0.2) is 4.98 Å². The summed E-state index contributed by atoms with van der Waals surface area (Å²) in [5, 5.41) is 11.2. The first kappa shape index (κ1) is 31.7. The number of aromatic nitrogens is 1. The summed E-state index contributed by atoms with van der Waals surface area (Å²) in [6.07, 6.45) is 12.7. The van der Waals surface area contributed by atoms with Crippen LogP contribution in [-0.2, 0) is 23.9 Å². The number of carbonyl (C=O) groups excluding carboxylic acids is 4. The number of anilines is 1. The predicted molar refractivity (Wildman–Crippen MR) is 176 cm³/mol. The molecule has 3 N–H and O–H groups in total. The highest BCUT2D eigenvalue weighted by Crippen LogP contribution is 2.33. The van der Waals surface area contributed by atoms with Gasteiger partial charge in [0.15, 0.2) is 5.13 Å². The number of nitrogens with one attached hydrogen (secondary N) is 3. The highest BCUT2D eigenvalue weighted by atomic mass is 32.1. The van der Waals surface area contributed by atoms with Crippen molar-refractivity contribution in [1.82, 2.24) is 20.5 Å². The maximum absolute atomic E-state index is 14.5. The second-order valence-electron chi connectivity index (χ2n) is 13.1. The monoisotopic (exact) mass is 659 g/mol. The molecule has 248 valence electrons. The molecule has 1 aromatic heterocycles. The molecule has 3 aliphatic carbocycles. The molecule has 12 heteroatoms. The first-order chi connectivity index (χ1) is 22.9. The molecule has 2 aromatic rings. The lowest BCUT2D eigenvalue weighted by atomic mass is 9.93. The SMILES string of the molecule is O=C(NC1CC1)c1ccc(-c2csc(NC(=O)[C@@H]3CO[C@H](CC4CCOCC4)N3C(=O)[C@H](NC(=O)C3CC3)C3=CC=CCC3)n2)cc1. The van der Waals surface area contributed by atoms with E-state index >= 15 is 0 Å². The second-order valence-corrected chi connectivity index (χ2v) is 14.0. The van der Waals surface area contributed by atoms with E-state index in [-0.39, 0.29) is 42.2 Å². The van der Waals surface area contributed by atoms with Gasteiger partial charge in [-0.15, -0.1) is 11.3 Å². The molecule has 1 aromatic carbocycles. The zero-order chi connectivity index (χ0) is 32.3. The van der Waals surface area contributed by atoms with Crippen LogP contribution in [0.1, 0.15) is 68.1 Å². The summed E-state index contributed by atoms with van der Waals surface area (Å²) < 4.78 is 11.8. The molecule has 2 saturated carbocycles. The number of hydrogen-bond acceptors (Lipinski definition) is 8. The standard InChI is InChI=1S/C35H41N5O6S/c41-31(36-26-12-13-26)24-8-6-22(7-9-24)27-20-47-35(37-27)39-33(43)28-19-46-29(18-21-14-16-45-17-15-21)40(28)34(44)30(23-4-2-1-3-5-23)38-32(42)25-10-11-25/h1-2,4,6-9,20-21,25-26,28-30H,3,5,10-19H2,(H,36,41)(H,38,42)(H,37,39,43)/t28-,29+,30+/m0/s1. The summed E-state index contributed by atoms with van der Waals surface area (Å²) in [6, 6.07) is 5.79. The summed E-state index contributed by atoms with van der Waals surface area (Å²) in [4.78, 5) is 59.9. The van der Waals surface area contributed by atoms with E-state index in [2.05, 4.69) is 20.9 Å². The fourth-order valence-corrected chi connectivity index (χ4v) is 7.10. The van der Waals surface area contributed by atoms with Crippen molar-refractivity contribution in [2.24, 2.45) is 11.8 Å². The molecule has 4 amide bonds. The summed E-state index contributed by atoms with van der Waals surface area (Å²) in [6.45, 7) is 1.38. The summed E-state index contributed by atoms with van der Waals surface area (Å²) in [7, 11) is 0. The van der Waals surface area contributed by atoms with Gasteiger partial charge in [0.1, 0.15) is 18.3 Å². The molecule has 47 heavy (non-hydrogen) atoms. The molecule has 11 nitrogen and oxygen atoms in total. The van der Waals surface area contributed by atoms with Crippen LogP contribution in [-0.4, -0.2) is 77.7 Å². The highest BCUT2D eigenvalue weighted by molar-refractivity contribution is 7.14. The maximum Gasteiger partial charge on any atom is 0.252 e. The molecule has 2 saturated heterocycles. The number of amides is 4. The van der Waals surface area contributed by atoms with Gasteiger partial charge in [0.2, 0.25) is 5.91 Å². The molecule has 0 unspecified atom stereocenters. The maximum atomic E-state index is 14.5. The normalized spacial score (nSPS) is 23.6. The third kappa shape index (κ3) is 7.66. The average molecular weight is 660 g/mol. The minimum atomic E-state index is -0.885. The van der Waals surface area contributed by atoms with Crippen molar-refractivity contribution in [3.8, 4) is 11.3 Å². The van der Waals surface area contributed by atoms with E-state index in [1.807, 2.05) is 35.7 Å². The molecule has 2 aliphatic heterocycles. The zero-order valence-electron chi connectivity index (χ0n) is 26.3. The Hall–Kier alpha value is -3.87. The topological polar surface area (TPSA) is 139 Å². The van der Waals surface area contributed by atoms with E-state index in [0.717, 1.165) is 56.1 Å². The van der Waals surface area contributed by atoms with E-state index in [1.165, 1.54) is 11.3 Å². The molecule has 4 fully saturated rings. The van der Waals surface area contributed by atoms with E-state index < -0.39 is 18.3 Å². The first-order valence-electron chi connectivity index (χ1n) is 16.8. The molecular formula is C35H41N5O6S. The Kier molecular flexibility index (Phi) is 9.51. The molecule has 7 rings (SSSR count). The van der Waals surface area contributed by atoms with Crippen molar-refractivity contribution < 1.29 is 28.7 Å². The number of nitrogens with zero attached hydrogens (tertiary/aromatic N) is 2. The Morgan fingerprint density at radius 3 is 2.49 bits per heavy atom. The minimum absolute atomic E-state index is 0.0519. The molecule has 5 aliphatic rings. The van der Waals surface area contributed by atoms with E-state index in [4.69, 9.17) is 9.47 Å². The molecule has 3 atom stereocenters. The van der Waals surface area contributed by atoms with Crippen molar-refractivity contribution >= 4 is 40.1 Å². The van der Waals surface area contributed by atoms with Crippen LogP contribution in [0, 0.1) is 11.8 Å². The van der Waals surface area contributed by atoms with Gasteiger partial charge in [-0.3, -0.25) is 19.2 Å². The Morgan fingerprint density at radius 2 is 1.79 bits per heavy atom. The van der Waals surface area contributed by atoms with Gasteiger partial charge in [0.05, 0.1) is 12.3 Å². The van der Waals surface area contributed by atoms with Gasteiger partial charge < -0.3 is 30.3 Å². The quantitative estimate of drug-likeness (QED) is 0.329. The zero-order valence-corrected chi connectivity index (χ0v) is 27.1. The summed E-state index contributed by atoms with van der Waals surface area (Å²) in [5.74, 6) is -0.662. The first-order valence-corrected chi connectivity index (χ1v) is 17.7. The summed E-state index contributed by atoms with van der Waals surface area (Å²) in [5.41, 5.74) is 2.93. The Bertz CT molecular complexity index is 1560. The van der Waals surface area contributed by atoms with Crippen LogP contribution in [0.3, 0.4) is 0 Å². The van der Waals surface area contributed by atoms with E-state index in [1.54, 1.807) is 17.0 Å². The third-order valence-electron chi connectivity index (χ3n) is 9.51. The van der Waals surface area contributed by atoms with Gasteiger partial charge >= 0.3 is 0 Å². The number of allylic oxidation sites excluding steroid dienone is 3. The Balaban J connectivity index is 1.08. The van der Waals surface area contributed by atoms with Crippen molar-refractivity contribution in [2.45, 2.75) is 82.1 Å². The fraction of sp³-hybridized carbons (Fsp3) is 0.514. The number of rotatable bonds is 11.